The van der Waals surface area contributed by atoms with Crippen LogP contribution in [-0.2, 0) is 0 Å². The van der Waals surface area contributed by atoms with Crippen LogP contribution in [0.2, 0.25) is 0 Å². The number of anilines is 1. The van der Waals surface area contributed by atoms with E-state index in [1.807, 2.05) is 0 Å². The van der Waals surface area contributed by atoms with Crippen LogP contribution < -0.4 is 5.32 Å². The van der Waals surface area contributed by atoms with E-state index < -0.39 is 5.97 Å². The van der Waals surface area contributed by atoms with Crippen LogP contribution in [0.1, 0.15) is 30.6 Å². The Hall–Kier alpha value is -2.04. The molecule has 1 atom stereocenters. The number of hydrogen-bond donors (Lipinski definition) is 2. The summed E-state index contributed by atoms with van der Waals surface area (Å²) in [5, 5.41) is 12.1. The molecule has 0 saturated heterocycles. The minimum atomic E-state index is -0.967. The van der Waals surface area contributed by atoms with E-state index in [0.717, 1.165) is 6.42 Å². The smallest absolute Gasteiger partial charge is 0.335 e. The lowest BCUT2D eigenvalue weighted by molar-refractivity contribution is 0.0697. The van der Waals surface area contributed by atoms with Gasteiger partial charge in [-0.2, -0.15) is 4.98 Å². The second-order valence-electron chi connectivity index (χ2n) is 5.40. The Morgan fingerprint density at radius 3 is 2.89 bits per heavy atom. The molecular weight excluding hydrogens is 232 g/mol. The van der Waals surface area contributed by atoms with Gasteiger partial charge in [-0.05, 0) is 30.0 Å². The number of rotatable bonds is 3. The van der Waals surface area contributed by atoms with Crippen molar-refractivity contribution in [1.29, 1.82) is 0 Å². The number of carboxylic acid groups (broad SMARTS) is 1. The molecule has 1 aromatic heterocycles. The molecule has 1 heterocycles. The molecule has 2 aromatic rings. The van der Waals surface area contributed by atoms with Gasteiger partial charge < -0.3 is 14.8 Å². The van der Waals surface area contributed by atoms with E-state index in [9.17, 15) is 4.79 Å². The summed E-state index contributed by atoms with van der Waals surface area (Å²) in [6.45, 7) is 4.35. The lowest BCUT2D eigenvalue weighted by Gasteiger charge is -2.02. The highest BCUT2D eigenvalue weighted by Gasteiger charge is 2.46. The molecule has 0 amide bonds. The summed E-state index contributed by atoms with van der Waals surface area (Å²) in [5.74, 6) is -0.967. The van der Waals surface area contributed by atoms with Gasteiger partial charge in [-0.1, -0.05) is 13.8 Å². The Balaban J connectivity index is 1.89. The van der Waals surface area contributed by atoms with Gasteiger partial charge in [0, 0.05) is 6.04 Å². The summed E-state index contributed by atoms with van der Waals surface area (Å²) >= 11 is 0. The molecular formula is C13H14N2O3. The molecule has 1 aliphatic carbocycles. The first kappa shape index (κ1) is 11.1. The highest BCUT2D eigenvalue weighted by Crippen LogP contribution is 2.46. The van der Waals surface area contributed by atoms with E-state index in [1.165, 1.54) is 12.1 Å². The van der Waals surface area contributed by atoms with Crippen molar-refractivity contribution in [3.63, 3.8) is 0 Å². The summed E-state index contributed by atoms with van der Waals surface area (Å²) in [6.07, 6.45) is 1.09. The van der Waals surface area contributed by atoms with Crippen molar-refractivity contribution >= 4 is 23.1 Å². The number of carboxylic acids is 1. The molecule has 5 nitrogen and oxygen atoms in total. The molecule has 5 heteroatoms. The third-order valence-electron chi connectivity index (χ3n) is 3.45. The third-order valence-corrected chi connectivity index (χ3v) is 3.45. The van der Waals surface area contributed by atoms with Crippen molar-refractivity contribution < 1.29 is 14.3 Å². The van der Waals surface area contributed by atoms with Crippen LogP contribution in [-0.4, -0.2) is 22.1 Å². The zero-order valence-electron chi connectivity index (χ0n) is 10.2. The number of benzene rings is 1. The molecule has 2 N–H and O–H groups in total. The zero-order valence-corrected chi connectivity index (χ0v) is 10.2. The predicted octanol–water partition coefficient (Wildman–Crippen LogP) is 2.74. The minimum Gasteiger partial charge on any atom is -0.478 e. The van der Waals surface area contributed by atoms with Gasteiger partial charge in [0.1, 0.15) is 5.52 Å². The van der Waals surface area contributed by atoms with Crippen LogP contribution in [0, 0.1) is 5.41 Å². The van der Waals surface area contributed by atoms with E-state index in [-0.39, 0.29) is 11.0 Å². The summed E-state index contributed by atoms with van der Waals surface area (Å²) in [4.78, 5) is 15.1. The van der Waals surface area contributed by atoms with Crippen LogP contribution >= 0.6 is 0 Å². The molecule has 1 fully saturated rings. The molecule has 1 aliphatic rings. The van der Waals surface area contributed by atoms with Crippen LogP contribution in [0.3, 0.4) is 0 Å². The van der Waals surface area contributed by atoms with Crippen LogP contribution in [0.15, 0.2) is 22.6 Å². The van der Waals surface area contributed by atoms with Crippen molar-refractivity contribution in [1.82, 2.24) is 4.98 Å². The first-order chi connectivity index (χ1) is 8.45. The maximum Gasteiger partial charge on any atom is 0.335 e. The molecule has 1 unspecified atom stereocenters. The lowest BCUT2D eigenvalue weighted by atomic mass is 10.2. The lowest BCUT2D eigenvalue weighted by Crippen LogP contribution is -2.08. The van der Waals surface area contributed by atoms with E-state index >= 15 is 0 Å². The number of fused-ring (bicyclic) bond motifs is 1. The van der Waals surface area contributed by atoms with Crippen molar-refractivity contribution in [3.05, 3.63) is 23.8 Å². The van der Waals surface area contributed by atoms with Gasteiger partial charge in [0.15, 0.2) is 5.58 Å². The average molecular weight is 246 g/mol. The Labute approximate surface area is 104 Å². The number of nitrogens with zero attached hydrogens (tertiary/aromatic N) is 1. The van der Waals surface area contributed by atoms with E-state index in [1.54, 1.807) is 6.07 Å². The van der Waals surface area contributed by atoms with Gasteiger partial charge in [-0.25, -0.2) is 4.79 Å². The van der Waals surface area contributed by atoms with Crippen LogP contribution in [0.4, 0.5) is 6.01 Å². The molecule has 0 radical (unpaired) electrons. The molecule has 18 heavy (non-hydrogen) atoms. The number of hydrogen-bond acceptors (Lipinski definition) is 4. The fourth-order valence-corrected chi connectivity index (χ4v) is 1.98. The number of oxazole rings is 1. The van der Waals surface area contributed by atoms with Gasteiger partial charge in [0.25, 0.3) is 6.01 Å². The van der Waals surface area contributed by atoms with E-state index in [4.69, 9.17) is 9.52 Å². The summed E-state index contributed by atoms with van der Waals surface area (Å²) in [6, 6.07) is 5.52. The third kappa shape index (κ3) is 1.81. The standard InChI is InChI=1S/C13H14N2O3/c1-13(2)6-10(13)15-12-14-8-4-3-7(11(16)17)5-9(8)18-12/h3-5,10H,6H2,1-2H3,(H,14,15)(H,16,17). The Morgan fingerprint density at radius 2 is 2.28 bits per heavy atom. The molecule has 0 bridgehead atoms. The summed E-state index contributed by atoms with van der Waals surface area (Å²) in [5.41, 5.74) is 1.65. The average Bonchev–Trinajstić information content (AvgIpc) is 2.73. The van der Waals surface area contributed by atoms with Gasteiger partial charge in [0.2, 0.25) is 0 Å². The van der Waals surface area contributed by atoms with E-state index in [2.05, 4.69) is 24.1 Å². The fraction of sp³-hybridized carbons (Fsp3) is 0.385. The maximum atomic E-state index is 10.8. The Kier molecular flexibility index (Phi) is 2.14. The minimum absolute atomic E-state index is 0.206. The molecule has 3 rings (SSSR count). The highest BCUT2D eigenvalue weighted by atomic mass is 16.4. The number of aromatic carboxylic acids is 1. The summed E-state index contributed by atoms with van der Waals surface area (Å²) < 4.78 is 5.52. The van der Waals surface area contributed by atoms with Crippen molar-refractivity contribution in [2.24, 2.45) is 5.41 Å². The molecule has 1 saturated carbocycles. The Morgan fingerprint density at radius 1 is 1.56 bits per heavy atom. The topological polar surface area (TPSA) is 75.4 Å². The first-order valence-corrected chi connectivity index (χ1v) is 5.86. The second kappa shape index (κ2) is 3.48. The van der Waals surface area contributed by atoms with Gasteiger partial charge in [-0.3, -0.25) is 0 Å². The van der Waals surface area contributed by atoms with Crippen molar-refractivity contribution in [2.45, 2.75) is 26.3 Å². The first-order valence-electron chi connectivity index (χ1n) is 5.86. The molecule has 94 valence electrons. The number of nitrogens with one attached hydrogen (secondary N) is 1. The monoisotopic (exact) mass is 246 g/mol. The van der Waals surface area contributed by atoms with Crippen molar-refractivity contribution in [2.75, 3.05) is 5.32 Å². The van der Waals surface area contributed by atoms with Gasteiger partial charge in [0.05, 0.1) is 5.56 Å². The van der Waals surface area contributed by atoms with Crippen LogP contribution in [0.5, 0.6) is 0 Å². The molecule has 1 aromatic carbocycles. The largest absolute Gasteiger partial charge is 0.478 e. The SMILES string of the molecule is CC1(C)CC1Nc1nc2ccc(C(=O)O)cc2o1. The second-order valence-corrected chi connectivity index (χ2v) is 5.40. The molecule has 0 aliphatic heterocycles. The predicted molar refractivity (Wildman–Crippen MR) is 66.8 cm³/mol. The fourth-order valence-electron chi connectivity index (χ4n) is 1.98. The number of aromatic nitrogens is 1. The van der Waals surface area contributed by atoms with E-state index in [0.29, 0.717) is 23.2 Å². The Bertz CT molecular complexity index is 630. The van der Waals surface area contributed by atoms with Crippen LogP contribution in [0.25, 0.3) is 11.1 Å². The van der Waals surface area contributed by atoms with Gasteiger partial charge >= 0.3 is 5.97 Å². The normalized spacial score (nSPS) is 20.9. The highest BCUT2D eigenvalue weighted by molar-refractivity contribution is 5.92. The quantitative estimate of drug-likeness (QED) is 0.870. The molecule has 0 spiro atoms. The van der Waals surface area contributed by atoms with Crippen molar-refractivity contribution in [3.8, 4) is 0 Å². The summed E-state index contributed by atoms with van der Waals surface area (Å²) in [7, 11) is 0. The number of carbonyl (C=O) groups is 1. The maximum absolute atomic E-state index is 10.8. The van der Waals surface area contributed by atoms with Gasteiger partial charge in [-0.15, -0.1) is 0 Å². The zero-order chi connectivity index (χ0) is 12.9.